The molecule has 21 heavy (non-hydrogen) atoms. The van der Waals surface area contributed by atoms with Crippen LogP contribution >= 0.6 is 23.1 Å². The Bertz CT molecular complexity index is 585. The van der Waals surface area contributed by atoms with E-state index in [0.29, 0.717) is 6.79 Å². The molecule has 1 fully saturated rings. The monoisotopic (exact) mass is 323 g/mol. The number of hydrogen-bond acceptors (Lipinski definition) is 7. The van der Waals surface area contributed by atoms with E-state index in [1.807, 2.05) is 12.1 Å². The summed E-state index contributed by atoms with van der Waals surface area (Å²) in [5.41, 5.74) is 2.26. The summed E-state index contributed by atoms with van der Waals surface area (Å²) in [5, 5.41) is 12.5. The summed E-state index contributed by atoms with van der Waals surface area (Å²) in [6, 6.07) is 8.21. The molecule has 0 aliphatic carbocycles. The molecule has 0 saturated carbocycles. The fourth-order valence-electron chi connectivity index (χ4n) is 1.96. The SMILES string of the molecule is Cc1cccc(Nc2nnc(SC[C@H]3CCOCO3)s2)c1. The van der Waals surface area contributed by atoms with Crippen LogP contribution in [0.4, 0.5) is 10.8 Å². The fourth-order valence-corrected chi connectivity index (χ4v) is 3.83. The molecule has 1 aliphatic heterocycles. The molecule has 0 amide bonds. The number of nitrogens with one attached hydrogen (secondary N) is 1. The molecular weight excluding hydrogens is 306 g/mol. The topological polar surface area (TPSA) is 56.3 Å². The van der Waals surface area contributed by atoms with Gasteiger partial charge in [0.05, 0.1) is 12.7 Å². The van der Waals surface area contributed by atoms with E-state index in [9.17, 15) is 0 Å². The van der Waals surface area contributed by atoms with Gasteiger partial charge in [-0.1, -0.05) is 35.2 Å². The quantitative estimate of drug-likeness (QED) is 0.851. The maximum atomic E-state index is 5.51. The van der Waals surface area contributed by atoms with Crippen LogP contribution in [0, 0.1) is 6.92 Å². The van der Waals surface area contributed by atoms with Crippen molar-refractivity contribution in [1.29, 1.82) is 0 Å². The highest BCUT2D eigenvalue weighted by molar-refractivity contribution is 8.01. The van der Waals surface area contributed by atoms with Gasteiger partial charge in [0.25, 0.3) is 0 Å². The van der Waals surface area contributed by atoms with Crippen molar-refractivity contribution in [3.63, 3.8) is 0 Å². The van der Waals surface area contributed by atoms with Gasteiger partial charge >= 0.3 is 0 Å². The summed E-state index contributed by atoms with van der Waals surface area (Å²) in [7, 11) is 0. The number of ether oxygens (including phenoxy) is 2. The smallest absolute Gasteiger partial charge is 0.210 e. The van der Waals surface area contributed by atoms with E-state index in [-0.39, 0.29) is 6.10 Å². The summed E-state index contributed by atoms with van der Waals surface area (Å²) in [6.07, 6.45) is 1.20. The first-order valence-electron chi connectivity index (χ1n) is 6.79. The molecule has 1 aromatic heterocycles. The molecule has 1 N–H and O–H groups in total. The van der Waals surface area contributed by atoms with E-state index < -0.39 is 0 Å². The summed E-state index contributed by atoms with van der Waals surface area (Å²) < 4.78 is 11.6. The third kappa shape index (κ3) is 4.41. The molecule has 3 rings (SSSR count). The fraction of sp³-hybridized carbons (Fsp3) is 0.429. The van der Waals surface area contributed by atoms with Crippen molar-refractivity contribution in [2.75, 3.05) is 24.5 Å². The minimum atomic E-state index is 0.251. The number of aryl methyl sites for hydroxylation is 1. The van der Waals surface area contributed by atoms with E-state index >= 15 is 0 Å². The molecule has 0 unspecified atom stereocenters. The summed E-state index contributed by atoms with van der Waals surface area (Å²) >= 11 is 3.25. The lowest BCUT2D eigenvalue weighted by molar-refractivity contribution is -0.130. The summed E-state index contributed by atoms with van der Waals surface area (Å²) in [4.78, 5) is 0. The molecule has 2 heterocycles. The van der Waals surface area contributed by atoms with Crippen molar-refractivity contribution in [2.24, 2.45) is 0 Å². The molecule has 0 bridgehead atoms. The van der Waals surface area contributed by atoms with Gasteiger partial charge < -0.3 is 14.8 Å². The Morgan fingerprint density at radius 2 is 2.38 bits per heavy atom. The van der Waals surface area contributed by atoms with Gasteiger partial charge in [0.2, 0.25) is 5.13 Å². The minimum absolute atomic E-state index is 0.251. The number of hydrogen-bond donors (Lipinski definition) is 1. The predicted molar refractivity (Wildman–Crippen MR) is 85.4 cm³/mol. The number of benzene rings is 1. The molecular formula is C14H17N3O2S2. The van der Waals surface area contributed by atoms with Crippen LogP contribution in [0.3, 0.4) is 0 Å². The highest BCUT2D eigenvalue weighted by Crippen LogP contribution is 2.29. The first-order chi connectivity index (χ1) is 10.3. The summed E-state index contributed by atoms with van der Waals surface area (Å²) in [6.45, 7) is 3.25. The van der Waals surface area contributed by atoms with E-state index in [2.05, 4.69) is 34.6 Å². The molecule has 2 aromatic rings. The van der Waals surface area contributed by atoms with Crippen molar-refractivity contribution < 1.29 is 9.47 Å². The molecule has 7 heteroatoms. The average molecular weight is 323 g/mol. The third-order valence-corrected chi connectivity index (χ3v) is 5.14. The van der Waals surface area contributed by atoms with Crippen molar-refractivity contribution in [3.05, 3.63) is 29.8 Å². The van der Waals surface area contributed by atoms with Gasteiger partial charge in [-0.15, -0.1) is 10.2 Å². The van der Waals surface area contributed by atoms with E-state index in [4.69, 9.17) is 9.47 Å². The molecule has 112 valence electrons. The van der Waals surface area contributed by atoms with Gasteiger partial charge in [0, 0.05) is 11.4 Å². The third-order valence-electron chi connectivity index (χ3n) is 3.04. The van der Waals surface area contributed by atoms with Gasteiger partial charge in [0.15, 0.2) is 4.34 Å². The van der Waals surface area contributed by atoms with Crippen LogP contribution in [0.2, 0.25) is 0 Å². The van der Waals surface area contributed by atoms with Crippen molar-refractivity contribution >= 4 is 33.9 Å². The van der Waals surface area contributed by atoms with E-state index in [1.54, 1.807) is 23.1 Å². The van der Waals surface area contributed by atoms with Crippen LogP contribution in [-0.2, 0) is 9.47 Å². The van der Waals surface area contributed by atoms with Gasteiger partial charge in [0.1, 0.15) is 6.79 Å². The lowest BCUT2D eigenvalue weighted by Crippen LogP contribution is -2.25. The number of aromatic nitrogens is 2. The number of rotatable bonds is 5. The van der Waals surface area contributed by atoms with E-state index in [1.165, 1.54) is 5.56 Å². The first kappa shape index (κ1) is 14.8. The standard InChI is InChI=1S/C14H17N3O2S2/c1-10-3-2-4-11(7-10)15-13-16-17-14(21-13)20-8-12-5-6-18-9-19-12/h2-4,7,12H,5-6,8-9H2,1H3,(H,15,16)/t12-/m1/s1. The second-order valence-corrected chi connectivity index (χ2v) is 7.03. The molecule has 1 atom stereocenters. The van der Waals surface area contributed by atoms with Crippen molar-refractivity contribution in [1.82, 2.24) is 10.2 Å². The Labute approximate surface area is 132 Å². The second-order valence-electron chi connectivity index (χ2n) is 4.78. The van der Waals surface area contributed by atoms with Crippen LogP contribution in [0.1, 0.15) is 12.0 Å². The predicted octanol–water partition coefficient (Wildman–Crippen LogP) is 3.45. The van der Waals surface area contributed by atoms with Crippen LogP contribution in [0.5, 0.6) is 0 Å². The maximum absolute atomic E-state index is 5.51. The Morgan fingerprint density at radius 3 is 3.19 bits per heavy atom. The zero-order valence-corrected chi connectivity index (χ0v) is 13.4. The average Bonchev–Trinajstić information content (AvgIpc) is 2.94. The highest BCUT2D eigenvalue weighted by atomic mass is 32.2. The number of thioether (sulfide) groups is 1. The molecule has 1 aromatic carbocycles. The van der Waals surface area contributed by atoms with Crippen LogP contribution in [0.15, 0.2) is 28.6 Å². The van der Waals surface area contributed by atoms with Crippen LogP contribution in [-0.4, -0.2) is 35.5 Å². The molecule has 5 nitrogen and oxygen atoms in total. The normalized spacial score (nSPS) is 18.6. The number of nitrogens with zero attached hydrogens (tertiary/aromatic N) is 2. The van der Waals surface area contributed by atoms with Crippen LogP contribution in [0.25, 0.3) is 0 Å². The van der Waals surface area contributed by atoms with E-state index in [0.717, 1.165) is 33.9 Å². The largest absolute Gasteiger partial charge is 0.355 e. The first-order valence-corrected chi connectivity index (χ1v) is 8.59. The Balaban J connectivity index is 1.53. The Kier molecular flexibility index (Phi) is 5.08. The second kappa shape index (κ2) is 7.22. The summed E-state index contributed by atoms with van der Waals surface area (Å²) in [5.74, 6) is 0.891. The Morgan fingerprint density at radius 1 is 1.43 bits per heavy atom. The maximum Gasteiger partial charge on any atom is 0.210 e. The lowest BCUT2D eigenvalue weighted by Gasteiger charge is -2.21. The minimum Gasteiger partial charge on any atom is -0.355 e. The molecule has 1 aliphatic rings. The van der Waals surface area contributed by atoms with Gasteiger partial charge in [-0.05, 0) is 31.0 Å². The van der Waals surface area contributed by atoms with Crippen molar-refractivity contribution in [2.45, 2.75) is 23.8 Å². The van der Waals surface area contributed by atoms with Gasteiger partial charge in [-0.3, -0.25) is 0 Å². The number of anilines is 2. The lowest BCUT2D eigenvalue weighted by atomic mass is 10.2. The Hall–Kier alpha value is -1.15. The van der Waals surface area contributed by atoms with Crippen LogP contribution < -0.4 is 5.32 Å². The zero-order chi connectivity index (χ0) is 14.5. The van der Waals surface area contributed by atoms with Gasteiger partial charge in [-0.2, -0.15) is 0 Å². The zero-order valence-electron chi connectivity index (χ0n) is 11.7. The van der Waals surface area contributed by atoms with Crippen molar-refractivity contribution in [3.8, 4) is 0 Å². The highest BCUT2D eigenvalue weighted by Gasteiger charge is 2.15. The van der Waals surface area contributed by atoms with Gasteiger partial charge in [-0.25, -0.2) is 0 Å². The molecule has 1 saturated heterocycles. The molecule has 0 radical (unpaired) electrons. The molecule has 0 spiro atoms.